The number of aryl methyl sites for hydroxylation is 1. The standard InChI is InChI=1S/C14H17N3O/c1-4-11(8-15)9-17(3)12-5-6-13-14(7-12)18-10(2)16-13/h5-7,11H,4,9H2,1-3H3. The zero-order chi connectivity index (χ0) is 13.1. The molecule has 0 amide bonds. The minimum absolute atomic E-state index is 0.0576. The molecule has 0 aliphatic rings. The molecule has 1 aromatic heterocycles. The Hall–Kier alpha value is -2.02. The zero-order valence-electron chi connectivity index (χ0n) is 11.0. The summed E-state index contributed by atoms with van der Waals surface area (Å²) in [5.41, 5.74) is 2.71. The van der Waals surface area contributed by atoms with Gasteiger partial charge in [-0.2, -0.15) is 5.26 Å². The molecule has 2 rings (SSSR count). The number of hydrogen-bond acceptors (Lipinski definition) is 4. The largest absolute Gasteiger partial charge is 0.441 e. The summed E-state index contributed by atoms with van der Waals surface area (Å²) in [5, 5.41) is 8.99. The molecule has 4 nitrogen and oxygen atoms in total. The van der Waals surface area contributed by atoms with Crippen molar-refractivity contribution >= 4 is 16.8 Å². The smallest absolute Gasteiger partial charge is 0.192 e. The first-order valence-electron chi connectivity index (χ1n) is 6.12. The van der Waals surface area contributed by atoms with Crippen molar-refractivity contribution < 1.29 is 4.42 Å². The van der Waals surface area contributed by atoms with Gasteiger partial charge in [0.05, 0.1) is 12.0 Å². The van der Waals surface area contributed by atoms with Crippen LogP contribution in [0.25, 0.3) is 11.1 Å². The molecule has 0 aliphatic carbocycles. The van der Waals surface area contributed by atoms with Crippen molar-refractivity contribution in [1.82, 2.24) is 4.98 Å². The summed E-state index contributed by atoms with van der Waals surface area (Å²) in [5.74, 6) is 0.732. The van der Waals surface area contributed by atoms with Gasteiger partial charge in [-0.15, -0.1) is 0 Å². The number of hydrogen-bond donors (Lipinski definition) is 0. The molecule has 1 atom stereocenters. The third-order valence-electron chi connectivity index (χ3n) is 3.09. The van der Waals surface area contributed by atoms with E-state index in [1.807, 2.05) is 39.1 Å². The fourth-order valence-electron chi connectivity index (χ4n) is 1.96. The normalized spacial score (nSPS) is 12.3. The number of benzene rings is 1. The average Bonchev–Trinajstić information content (AvgIpc) is 2.74. The molecular formula is C14H17N3O. The van der Waals surface area contributed by atoms with Gasteiger partial charge in [0.2, 0.25) is 0 Å². The highest BCUT2D eigenvalue weighted by atomic mass is 16.3. The van der Waals surface area contributed by atoms with Crippen LogP contribution in [-0.4, -0.2) is 18.6 Å². The molecule has 18 heavy (non-hydrogen) atoms. The quantitative estimate of drug-likeness (QED) is 0.827. The van der Waals surface area contributed by atoms with Crippen molar-refractivity contribution in [3.63, 3.8) is 0 Å². The van der Waals surface area contributed by atoms with Crippen LogP contribution in [0.4, 0.5) is 5.69 Å². The SMILES string of the molecule is CCC(C#N)CN(C)c1ccc2nc(C)oc2c1. The van der Waals surface area contributed by atoms with Gasteiger partial charge in [-0.25, -0.2) is 4.98 Å². The Labute approximate surface area is 107 Å². The van der Waals surface area contributed by atoms with Crippen LogP contribution >= 0.6 is 0 Å². The van der Waals surface area contributed by atoms with Crippen LogP contribution in [0.1, 0.15) is 19.2 Å². The molecule has 94 valence electrons. The first-order valence-corrected chi connectivity index (χ1v) is 6.12. The number of rotatable bonds is 4. The fraction of sp³-hybridized carbons (Fsp3) is 0.429. The summed E-state index contributed by atoms with van der Waals surface area (Å²) in [6.45, 7) is 4.60. The van der Waals surface area contributed by atoms with Gasteiger partial charge < -0.3 is 9.32 Å². The fourth-order valence-corrected chi connectivity index (χ4v) is 1.96. The number of nitriles is 1. The summed E-state index contributed by atoms with van der Waals surface area (Å²) in [7, 11) is 1.99. The highest BCUT2D eigenvalue weighted by Crippen LogP contribution is 2.22. The summed E-state index contributed by atoms with van der Waals surface area (Å²) < 4.78 is 5.51. The van der Waals surface area contributed by atoms with Gasteiger partial charge in [0, 0.05) is 32.3 Å². The molecular weight excluding hydrogens is 226 g/mol. The maximum absolute atomic E-state index is 8.99. The molecule has 0 saturated heterocycles. The lowest BCUT2D eigenvalue weighted by Crippen LogP contribution is -2.24. The molecule has 1 unspecified atom stereocenters. The van der Waals surface area contributed by atoms with Crippen molar-refractivity contribution in [2.45, 2.75) is 20.3 Å². The van der Waals surface area contributed by atoms with E-state index in [9.17, 15) is 0 Å². The Morgan fingerprint density at radius 3 is 2.94 bits per heavy atom. The lowest BCUT2D eigenvalue weighted by atomic mass is 10.1. The highest BCUT2D eigenvalue weighted by molar-refractivity contribution is 5.77. The molecule has 0 radical (unpaired) electrons. The van der Waals surface area contributed by atoms with Gasteiger partial charge in [0.25, 0.3) is 0 Å². The summed E-state index contributed by atoms with van der Waals surface area (Å²) in [6, 6.07) is 8.25. The third-order valence-corrected chi connectivity index (χ3v) is 3.09. The molecule has 0 fully saturated rings. The van der Waals surface area contributed by atoms with E-state index >= 15 is 0 Å². The molecule has 1 aromatic carbocycles. The van der Waals surface area contributed by atoms with Crippen molar-refractivity contribution in [1.29, 1.82) is 5.26 Å². The summed E-state index contributed by atoms with van der Waals surface area (Å²) in [6.07, 6.45) is 0.866. The lowest BCUT2D eigenvalue weighted by molar-refractivity contribution is 0.561. The van der Waals surface area contributed by atoms with E-state index in [4.69, 9.17) is 9.68 Å². The number of nitrogens with zero attached hydrogens (tertiary/aromatic N) is 3. The maximum Gasteiger partial charge on any atom is 0.192 e. The van der Waals surface area contributed by atoms with Gasteiger partial charge in [0.15, 0.2) is 11.5 Å². The van der Waals surface area contributed by atoms with Crippen LogP contribution in [0.3, 0.4) is 0 Å². The Morgan fingerprint density at radius 1 is 1.50 bits per heavy atom. The Morgan fingerprint density at radius 2 is 2.28 bits per heavy atom. The minimum Gasteiger partial charge on any atom is -0.441 e. The first kappa shape index (κ1) is 12.4. The molecule has 0 spiro atoms. The molecule has 0 N–H and O–H groups in total. The van der Waals surface area contributed by atoms with Crippen LogP contribution in [0.2, 0.25) is 0 Å². The van der Waals surface area contributed by atoms with Gasteiger partial charge >= 0.3 is 0 Å². The second-order valence-corrected chi connectivity index (χ2v) is 4.50. The van der Waals surface area contributed by atoms with Crippen LogP contribution in [0.5, 0.6) is 0 Å². The lowest BCUT2D eigenvalue weighted by Gasteiger charge is -2.21. The topological polar surface area (TPSA) is 53.1 Å². The monoisotopic (exact) mass is 243 g/mol. The van der Waals surface area contributed by atoms with E-state index in [2.05, 4.69) is 16.0 Å². The van der Waals surface area contributed by atoms with E-state index in [1.54, 1.807) is 0 Å². The van der Waals surface area contributed by atoms with E-state index < -0.39 is 0 Å². The van der Waals surface area contributed by atoms with E-state index in [1.165, 1.54) is 0 Å². The summed E-state index contributed by atoms with van der Waals surface area (Å²) in [4.78, 5) is 6.35. The second-order valence-electron chi connectivity index (χ2n) is 4.50. The van der Waals surface area contributed by atoms with Crippen molar-refractivity contribution in [2.75, 3.05) is 18.5 Å². The van der Waals surface area contributed by atoms with Gasteiger partial charge in [-0.3, -0.25) is 0 Å². The molecule has 4 heteroatoms. The average molecular weight is 243 g/mol. The van der Waals surface area contributed by atoms with Crippen LogP contribution in [0, 0.1) is 24.2 Å². The summed E-state index contributed by atoms with van der Waals surface area (Å²) >= 11 is 0. The first-order chi connectivity index (χ1) is 8.63. The van der Waals surface area contributed by atoms with Crippen LogP contribution in [-0.2, 0) is 0 Å². The second kappa shape index (κ2) is 5.09. The van der Waals surface area contributed by atoms with Gasteiger partial charge in [-0.05, 0) is 18.6 Å². The molecule has 0 aliphatic heterocycles. The zero-order valence-corrected chi connectivity index (χ0v) is 11.0. The number of anilines is 1. The number of aromatic nitrogens is 1. The molecule has 0 bridgehead atoms. The third kappa shape index (κ3) is 2.45. The van der Waals surface area contributed by atoms with Crippen molar-refractivity contribution in [2.24, 2.45) is 5.92 Å². The van der Waals surface area contributed by atoms with Gasteiger partial charge in [-0.1, -0.05) is 6.92 Å². The van der Waals surface area contributed by atoms with Gasteiger partial charge in [0.1, 0.15) is 5.52 Å². The molecule has 2 aromatic rings. The van der Waals surface area contributed by atoms with Crippen LogP contribution < -0.4 is 4.90 Å². The predicted molar refractivity (Wildman–Crippen MR) is 71.4 cm³/mol. The van der Waals surface area contributed by atoms with Crippen molar-refractivity contribution in [3.8, 4) is 6.07 Å². The minimum atomic E-state index is 0.0576. The number of oxazole rings is 1. The van der Waals surface area contributed by atoms with E-state index in [0.29, 0.717) is 5.89 Å². The number of fused-ring (bicyclic) bond motifs is 1. The highest BCUT2D eigenvalue weighted by Gasteiger charge is 2.11. The Bertz CT molecular complexity index is 582. The Balaban J connectivity index is 2.22. The molecule has 0 saturated carbocycles. The van der Waals surface area contributed by atoms with E-state index in [0.717, 1.165) is 29.8 Å². The van der Waals surface area contributed by atoms with Crippen LogP contribution in [0.15, 0.2) is 22.6 Å². The predicted octanol–water partition coefficient (Wildman–Crippen LogP) is 3.12. The van der Waals surface area contributed by atoms with E-state index in [-0.39, 0.29) is 5.92 Å². The molecule has 1 heterocycles. The van der Waals surface area contributed by atoms with Crippen molar-refractivity contribution in [3.05, 3.63) is 24.1 Å². The maximum atomic E-state index is 8.99. The Kier molecular flexibility index (Phi) is 3.52.